The zero-order chi connectivity index (χ0) is 19.4. The van der Waals surface area contributed by atoms with Crippen LogP contribution in [0.4, 0.5) is 0 Å². The van der Waals surface area contributed by atoms with Crippen LogP contribution in [0.25, 0.3) is 0 Å². The summed E-state index contributed by atoms with van der Waals surface area (Å²) in [5, 5.41) is 0. The summed E-state index contributed by atoms with van der Waals surface area (Å²) in [5.41, 5.74) is 0. The molecule has 1 unspecified atom stereocenters. The van der Waals surface area contributed by atoms with E-state index in [1.807, 2.05) is 24.3 Å². The quantitative estimate of drug-likeness (QED) is 0.261. The summed E-state index contributed by atoms with van der Waals surface area (Å²) in [7, 11) is 0.557. The molecule has 4 heteroatoms. The normalized spacial score (nSPS) is 12.8. The van der Waals surface area contributed by atoms with Crippen LogP contribution in [0.2, 0.25) is 17.7 Å². The predicted molar refractivity (Wildman–Crippen MR) is 118 cm³/mol. The van der Waals surface area contributed by atoms with E-state index < -0.39 is 29.2 Å². The van der Waals surface area contributed by atoms with Crippen molar-refractivity contribution in [2.24, 2.45) is 0 Å². The fourth-order valence-corrected chi connectivity index (χ4v) is 23.2. The van der Waals surface area contributed by atoms with Gasteiger partial charge in [-0.2, -0.15) is 0 Å². The van der Waals surface area contributed by atoms with Crippen molar-refractivity contribution in [3.05, 3.63) is 35.7 Å². The zero-order valence-electron chi connectivity index (χ0n) is 17.3. The van der Waals surface area contributed by atoms with Gasteiger partial charge in [-0.15, -0.1) is 0 Å². The number of rotatable bonds is 14. The summed E-state index contributed by atoms with van der Waals surface area (Å²) in [6.45, 7) is 11.2. The predicted octanol–water partition coefficient (Wildman–Crippen LogP) is 7.17. The fourth-order valence-electron chi connectivity index (χ4n) is 3.65. The first-order valence-corrected chi connectivity index (χ1v) is 19.5. The van der Waals surface area contributed by atoms with Crippen molar-refractivity contribution >= 4 is 29.2 Å². The molecule has 0 radical (unpaired) electrons. The number of ether oxygens (including phenoxy) is 1. The standard InChI is InChI=1S/C10H11O2S.3C4H9.Sn/c1-8(2)13(11)10-6-4-9(12-3)5-7-10;3*1-3-4-2;/h4-7H,1-2H2,3H3;3*1,3-4H2,2H3;. The summed E-state index contributed by atoms with van der Waals surface area (Å²) in [6, 6.07) is 7.62. The molecular formula is C22H38O2SSn. The number of hydrogen-bond acceptors (Lipinski definition) is 2. The average molecular weight is 485 g/mol. The molecule has 148 valence electrons. The van der Waals surface area contributed by atoms with Crippen molar-refractivity contribution < 1.29 is 8.95 Å². The van der Waals surface area contributed by atoms with Crippen LogP contribution >= 0.6 is 0 Å². The van der Waals surface area contributed by atoms with Gasteiger partial charge < -0.3 is 0 Å². The van der Waals surface area contributed by atoms with Crippen LogP contribution in [-0.4, -0.2) is 29.7 Å². The maximum absolute atomic E-state index is 13.0. The fraction of sp³-hybridized carbons (Fsp3) is 0.636. The van der Waals surface area contributed by atoms with E-state index in [1.54, 1.807) is 7.11 Å². The third-order valence-electron chi connectivity index (χ3n) is 5.29. The van der Waals surface area contributed by atoms with E-state index in [4.69, 9.17) is 4.74 Å². The van der Waals surface area contributed by atoms with Crippen molar-refractivity contribution in [2.75, 3.05) is 7.11 Å². The maximum atomic E-state index is 13.0. The number of allylic oxidation sites excluding steroid dienone is 1. The monoisotopic (exact) mass is 486 g/mol. The molecule has 0 aliphatic heterocycles. The van der Waals surface area contributed by atoms with Crippen molar-refractivity contribution in [3.8, 4) is 5.75 Å². The topological polar surface area (TPSA) is 26.3 Å². The van der Waals surface area contributed by atoms with E-state index in [0.29, 0.717) is 0 Å². The molecule has 0 aliphatic rings. The molecule has 2 nitrogen and oxygen atoms in total. The Hall–Kier alpha value is -0.291. The molecule has 26 heavy (non-hydrogen) atoms. The SMILES string of the molecule is C=C([CH2][Sn]([CH2]CCC)([CH2]CCC)[CH2]CCC)S(=O)c1ccc(OC)cc1. The summed E-state index contributed by atoms with van der Waals surface area (Å²) in [4.78, 5) is 1.83. The molecule has 0 N–H and O–H groups in total. The Balaban J connectivity index is 2.93. The zero-order valence-corrected chi connectivity index (χ0v) is 21.0. The van der Waals surface area contributed by atoms with E-state index >= 15 is 0 Å². The Kier molecular flexibility index (Phi) is 11.9. The molecule has 1 aromatic rings. The van der Waals surface area contributed by atoms with Crippen LogP contribution < -0.4 is 4.74 Å². The van der Waals surface area contributed by atoms with E-state index in [9.17, 15) is 4.21 Å². The first-order chi connectivity index (χ1) is 12.5. The van der Waals surface area contributed by atoms with Gasteiger partial charge in [-0.25, -0.2) is 0 Å². The first-order valence-electron chi connectivity index (χ1n) is 10.3. The average Bonchev–Trinajstić information content (AvgIpc) is 2.68. The Morgan fingerprint density at radius 2 is 1.42 bits per heavy atom. The second-order valence-corrected chi connectivity index (χ2v) is 22.9. The van der Waals surface area contributed by atoms with Gasteiger partial charge in [-0.05, 0) is 0 Å². The number of benzene rings is 1. The molecule has 0 bridgehead atoms. The van der Waals surface area contributed by atoms with Crippen molar-refractivity contribution in [2.45, 2.75) is 81.9 Å². The van der Waals surface area contributed by atoms with Crippen LogP contribution in [0.5, 0.6) is 5.75 Å². The van der Waals surface area contributed by atoms with Crippen molar-refractivity contribution in [1.29, 1.82) is 0 Å². The molecule has 1 atom stereocenters. The molecule has 0 saturated heterocycles. The van der Waals surface area contributed by atoms with E-state index in [0.717, 1.165) is 20.0 Å². The van der Waals surface area contributed by atoms with Crippen LogP contribution in [-0.2, 0) is 10.8 Å². The Labute approximate surface area is 168 Å². The molecule has 1 rings (SSSR count). The number of hydrogen-bond donors (Lipinski definition) is 0. The first kappa shape index (κ1) is 23.7. The van der Waals surface area contributed by atoms with Crippen LogP contribution in [0.15, 0.2) is 40.6 Å². The van der Waals surface area contributed by atoms with Gasteiger partial charge in [0, 0.05) is 0 Å². The molecule has 1 aromatic carbocycles. The van der Waals surface area contributed by atoms with Gasteiger partial charge in [-0.1, -0.05) is 0 Å². The molecule has 0 aliphatic carbocycles. The van der Waals surface area contributed by atoms with E-state index in [1.165, 1.54) is 51.8 Å². The third kappa shape index (κ3) is 7.75. The van der Waals surface area contributed by atoms with Crippen molar-refractivity contribution in [1.82, 2.24) is 0 Å². The van der Waals surface area contributed by atoms with Gasteiger partial charge in [0.25, 0.3) is 0 Å². The Morgan fingerprint density at radius 3 is 1.81 bits per heavy atom. The minimum absolute atomic E-state index is 0.804. The number of methoxy groups -OCH3 is 1. The van der Waals surface area contributed by atoms with Gasteiger partial charge >= 0.3 is 169 Å². The van der Waals surface area contributed by atoms with Crippen LogP contribution in [0.3, 0.4) is 0 Å². The molecule has 0 saturated carbocycles. The molecule has 0 amide bonds. The second-order valence-electron chi connectivity index (χ2n) is 7.47. The molecule has 0 aromatic heterocycles. The molecule has 0 heterocycles. The van der Waals surface area contributed by atoms with Gasteiger partial charge in [0.15, 0.2) is 0 Å². The van der Waals surface area contributed by atoms with Crippen LogP contribution in [0.1, 0.15) is 59.3 Å². The van der Waals surface area contributed by atoms with Gasteiger partial charge in [0.05, 0.1) is 0 Å². The minimum atomic E-state index is -2.33. The number of unbranched alkanes of at least 4 members (excludes halogenated alkanes) is 3. The van der Waals surface area contributed by atoms with Crippen LogP contribution in [0, 0.1) is 0 Å². The van der Waals surface area contributed by atoms with Gasteiger partial charge in [0.2, 0.25) is 0 Å². The third-order valence-corrected chi connectivity index (χ3v) is 22.9. The Morgan fingerprint density at radius 1 is 0.962 bits per heavy atom. The molecule has 0 fully saturated rings. The van der Waals surface area contributed by atoms with E-state index in [-0.39, 0.29) is 0 Å². The molecular weight excluding hydrogens is 447 g/mol. The Bertz CT molecular complexity index is 532. The van der Waals surface area contributed by atoms with Crippen molar-refractivity contribution in [3.63, 3.8) is 0 Å². The van der Waals surface area contributed by atoms with Gasteiger partial charge in [-0.3, -0.25) is 0 Å². The second kappa shape index (κ2) is 13.0. The van der Waals surface area contributed by atoms with E-state index in [2.05, 4.69) is 27.4 Å². The summed E-state index contributed by atoms with van der Waals surface area (Å²) < 4.78 is 23.7. The van der Waals surface area contributed by atoms with Gasteiger partial charge in [0.1, 0.15) is 0 Å². The summed E-state index contributed by atoms with van der Waals surface area (Å²) in [5.74, 6) is 0.804. The summed E-state index contributed by atoms with van der Waals surface area (Å²) in [6.07, 6.45) is 7.82. The molecule has 0 spiro atoms. The summed E-state index contributed by atoms with van der Waals surface area (Å²) >= 11 is -2.33.